The molecule has 0 saturated heterocycles. The van der Waals surface area contributed by atoms with E-state index in [4.69, 9.17) is 5.73 Å². The number of aromatic nitrogens is 1. The second-order valence-electron chi connectivity index (χ2n) is 3.89. The molecule has 0 saturated carbocycles. The first kappa shape index (κ1) is 11.3. The van der Waals surface area contributed by atoms with Gasteiger partial charge < -0.3 is 20.2 Å². The number of hydrogen-bond acceptors (Lipinski definition) is 3. The van der Waals surface area contributed by atoms with Crippen molar-refractivity contribution in [3.63, 3.8) is 0 Å². The number of anilines is 1. The van der Waals surface area contributed by atoms with Gasteiger partial charge in [0.15, 0.2) is 0 Å². The summed E-state index contributed by atoms with van der Waals surface area (Å²) in [5.41, 5.74) is 7.17. The van der Waals surface area contributed by atoms with Gasteiger partial charge in [0.25, 0.3) is 0 Å². The molecule has 0 aliphatic rings. The van der Waals surface area contributed by atoms with Crippen LogP contribution in [0.2, 0.25) is 0 Å². The first-order valence-electron chi connectivity index (χ1n) is 5.34. The van der Waals surface area contributed by atoms with E-state index in [1.54, 1.807) is 12.1 Å². The molecule has 1 aromatic carbocycles. The number of aliphatic carboxylic acids is 1. The molecular formula is C13H13N2O2-. The Morgan fingerprint density at radius 2 is 1.82 bits per heavy atom. The zero-order valence-electron chi connectivity index (χ0n) is 9.24. The number of rotatable bonds is 4. The molecule has 2 aromatic rings. The first-order chi connectivity index (χ1) is 8.16. The van der Waals surface area contributed by atoms with Gasteiger partial charge in [0.1, 0.15) is 0 Å². The minimum atomic E-state index is -1.07. The average molecular weight is 229 g/mol. The fraction of sp³-hybridized carbons (Fsp3) is 0.154. The molecule has 1 atom stereocenters. The van der Waals surface area contributed by atoms with Crippen LogP contribution in [0.5, 0.6) is 0 Å². The number of nitrogens with zero attached hydrogens (tertiary/aromatic N) is 1. The van der Waals surface area contributed by atoms with Crippen molar-refractivity contribution in [1.82, 2.24) is 4.57 Å². The number of nitrogens with two attached hydrogens (primary N) is 1. The molecule has 0 spiro atoms. The quantitative estimate of drug-likeness (QED) is 0.788. The second kappa shape index (κ2) is 4.74. The second-order valence-corrected chi connectivity index (χ2v) is 3.89. The van der Waals surface area contributed by atoms with E-state index in [-0.39, 0.29) is 12.5 Å². The van der Waals surface area contributed by atoms with Crippen LogP contribution >= 0.6 is 0 Å². The van der Waals surface area contributed by atoms with Crippen molar-refractivity contribution in [3.8, 4) is 0 Å². The minimum absolute atomic E-state index is 0.0569. The molecule has 0 aliphatic carbocycles. The van der Waals surface area contributed by atoms with Crippen LogP contribution in [0.1, 0.15) is 18.0 Å². The van der Waals surface area contributed by atoms with Crippen molar-refractivity contribution in [1.29, 1.82) is 0 Å². The summed E-state index contributed by atoms with van der Waals surface area (Å²) in [5.74, 6) is -1.07. The van der Waals surface area contributed by atoms with Crippen molar-refractivity contribution >= 4 is 11.7 Å². The fourth-order valence-corrected chi connectivity index (χ4v) is 1.83. The molecule has 0 aliphatic heterocycles. The lowest BCUT2D eigenvalue weighted by atomic mass is 10.0. The van der Waals surface area contributed by atoms with Gasteiger partial charge in [-0.05, 0) is 29.8 Å². The summed E-state index contributed by atoms with van der Waals surface area (Å²) in [4.78, 5) is 10.8. The van der Waals surface area contributed by atoms with E-state index in [1.807, 2.05) is 41.2 Å². The number of carbonyl (C=O) groups excluding carboxylic acids is 1. The van der Waals surface area contributed by atoms with Crippen LogP contribution in [0.3, 0.4) is 0 Å². The molecule has 2 rings (SSSR count). The summed E-state index contributed by atoms with van der Waals surface area (Å²) in [6.07, 6.45) is 3.62. The Kier molecular flexibility index (Phi) is 3.14. The largest absolute Gasteiger partial charge is 0.550 e. The molecule has 0 amide bonds. The monoisotopic (exact) mass is 229 g/mol. The van der Waals surface area contributed by atoms with Crippen LogP contribution in [0, 0.1) is 0 Å². The Bertz CT molecular complexity index is 489. The fourth-order valence-electron chi connectivity index (χ4n) is 1.83. The van der Waals surface area contributed by atoms with Gasteiger partial charge in [0.05, 0.1) is 6.04 Å². The van der Waals surface area contributed by atoms with Gasteiger partial charge in [-0.15, -0.1) is 0 Å². The lowest BCUT2D eigenvalue weighted by Crippen LogP contribution is -2.26. The average Bonchev–Trinajstić information content (AvgIpc) is 2.80. The maximum absolute atomic E-state index is 10.8. The molecule has 1 heterocycles. The summed E-state index contributed by atoms with van der Waals surface area (Å²) in [6, 6.07) is 10.7. The third-order valence-corrected chi connectivity index (χ3v) is 2.67. The number of carbonyl (C=O) groups is 1. The number of hydrogen-bond donors (Lipinski definition) is 1. The minimum Gasteiger partial charge on any atom is -0.550 e. The molecule has 4 nitrogen and oxygen atoms in total. The van der Waals surface area contributed by atoms with E-state index < -0.39 is 5.97 Å². The molecule has 4 heteroatoms. The third-order valence-electron chi connectivity index (χ3n) is 2.67. The standard InChI is InChI=1S/C13H14N2O2/c14-11-5-3-10(4-6-11)12(9-13(16)17)15-7-1-2-8-15/h1-8,12H,9,14H2,(H,16,17)/p-1/t12-/m0/s1. The lowest BCUT2D eigenvalue weighted by Gasteiger charge is -2.20. The maximum Gasteiger partial charge on any atom is 0.0632 e. The predicted octanol–water partition coefficient (Wildman–Crippen LogP) is 0.800. The maximum atomic E-state index is 10.8. The summed E-state index contributed by atoms with van der Waals surface area (Å²) < 4.78 is 1.85. The Balaban J connectivity index is 2.33. The smallest absolute Gasteiger partial charge is 0.0632 e. The van der Waals surface area contributed by atoms with Crippen molar-refractivity contribution in [2.75, 3.05) is 5.73 Å². The van der Waals surface area contributed by atoms with Crippen LogP contribution in [0.15, 0.2) is 48.8 Å². The van der Waals surface area contributed by atoms with Gasteiger partial charge in [0, 0.05) is 30.5 Å². The summed E-state index contributed by atoms with van der Waals surface area (Å²) in [5, 5.41) is 10.8. The van der Waals surface area contributed by atoms with Gasteiger partial charge in [0.2, 0.25) is 0 Å². The SMILES string of the molecule is Nc1ccc([C@H](CC(=O)[O-])n2cccc2)cc1. The normalized spacial score (nSPS) is 12.2. The lowest BCUT2D eigenvalue weighted by molar-refractivity contribution is -0.306. The zero-order chi connectivity index (χ0) is 12.3. The van der Waals surface area contributed by atoms with Gasteiger partial charge in [-0.2, -0.15) is 0 Å². The molecule has 2 N–H and O–H groups in total. The van der Waals surface area contributed by atoms with Crippen LogP contribution in [-0.2, 0) is 4.79 Å². The molecule has 17 heavy (non-hydrogen) atoms. The van der Waals surface area contributed by atoms with Gasteiger partial charge >= 0.3 is 0 Å². The van der Waals surface area contributed by atoms with E-state index in [0.29, 0.717) is 5.69 Å². The molecule has 0 fully saturated rings. The molecule has 0 bridgehead atoms. The summed E-state index contributed by atoms with van der Waals surface area (Å²) in [6.45, 7) is 0. The summed E-state index contributed by atoms with van der Waals surface area (Å²) >= 11 is 0. The van der Waals surface area contributed by atoms with Crippen LogP contribution < -0.4 is 10.8 Å². The number of benzene rings is 1. The highest BCUT2D eigenvalue weighted by molar-refractivity contribution is 5.65. The van der Waals surface area contributed by atoms with Gasteiger partial charge in [-0.25, -0.2) is 0 Å². The van der Waals surface area contributed by atoms with Crippen LogP contribution in [0.25, 0.3) is 0 Å². The van der Waals surface area contributed by atoms with E-state index in [9.17, 15) is 9.90 Å². The van der Waals surface area contributed by atoms with Gasteiger partial charge in [-0.1, -0.05) is 12.1 Å². The van der Waals surface area contributed by atoms with Crippen molar-refractivity contribution in [3.05, 3.63) is 54.4 Å². The third kappa shape index (κ3) is 2.66. The molecule has 0 unspecified atom stereocenters. The molecule has 88 valence electrons. The van der Waals surface area contributed by atoms with E-state index >= 15 is 0 Å². The van der Waals surface area contributed by atoms with Gasteiger partial charge in [-0.3, -0.25) is 0 Å². The Labute approximate surface area is 99.3 Å². The molecule has 1 aromatic heterocycles. The molecule has 0 radical (unpaired) electrons. The summed E-state index contributed by atoms with van der Waals surface area (Å²) in [7, 11) is 0. The van der Waals surface area contributed by atoms with Crippen molar-refractivity contribution in [2.45, 2.75) is 12.5 Å². The van der Waals surface area contributed by atoms with E-state index in [2.05, 4.69) is 0 Å². The number of nitrogen functional groups attached to an aromatic ring is 1. The highest BCUT2D eigenvalue weighted by atomic mass is 16.4. The zero-order valence-corrected chi connectivity index (χ0v) is 9.24. The molecular weight excluding hydrogens is 216 g/mol. The Morgan fingerprint density at radius 1 is 1.24 bits per heavy atom. The Morgan fingerprint density at radius 3 is 2.35 bits per heavy atom. The highest BCUT2D eigenvalue weighted by Gasteiger charge is 2.12. The van der Waals surface area contributed by atoms with Crippen LogP contribution in [0.4, 0.5) is 5.69 Å². The first-order valence-corrected chi connectivity index (χ1v) is 5.34. The van der Waals surface area contributed by atoms with Crippen molar-refractivity contribution in [2.24, 2.45) is 0 Å². The number of carboxylic acids is 1. The topological polar surface area (TPSA) is 71.1 Å². The van der Waals surface area contributed by atoms with E-state index in [0.717, 1.165) is 5.56 Å². The van der Waals surface area contributed by atoms with Crippen LogP contribution in [-0.4, -0.2) is 10.5 Å². The highest BCUT2D eigenvalue weighted by Crippen LogP contribution is 2.22. The van der Waals surface area contributed by atoms with E-state index in [1.165, 1.54) is 0 Å². The predicted molar refractivity (Wildman–Crippen MR) is 63.0 cm³/mol. The Hall–Kier alpha value is -2.23. The van der Waals surface area contributed by atoms with Crippen molar-refractivity contribution < 1.29 is 9.90 Å². The number of carboxylic acid groups (broad SMARTS) is 1.